The molecule has 3 N–H and O–H groups in total. The van der Waals surface area contributed by atoms with Crippen molar-refractivity contribution in [2.75, 3.05) is 0 Å². The van der Waals surface area contributed by atoms with Crippen LogP contribution in [0.4, 0.5) is 0 Å². The van der Waals surface area contributed by atoms with Crippen LogP contribution in [0.1, 0.15) is 72.9 Å². The number of aliphatic hydroxyl groups is 1. The van der Waals surface area contributed by atoms with E-state index in [2.05, 4.69) is 12.1 Å². The molecule has 1 aromatic rings. The van der Waals surface area contributed by atoms with Crippen molar-refractivity contribution in [2.45, 2.75) is 69.3 Å². The van der Waals surface area contributed by atoms with E-state index in [0.717, 1.165) is 43.4 Å². The molecule has 3 nitrogen and oxygen atoms in total. The molecule has 2 unspecified atom stereocenters. The summed E-state index contributed by atoms with van der Waals surface area (Å²) in [4.78, 5) is 11.7. The molecule has 3 fully saturated rings. The summed E-state index contributed by atoms with van der Waals surface area (Å²) in [7, 11) is 0. The van der Waals surface area contributed by atoms with E-state index in [1.807, 2.05) is 6.07 Å². The molecule has 1 aromatic carbocycles. The lowest BCUT2D eigenvalue weighted by molar-refractivity contribution is -0.0388. The van der Waals surface area contributed by atoms with Crippen molar-refractivity contribution in [1.82, 2.24) is 0 Å². The van der Waals surface area contributed by atoms with Crippen molar-refractivity contribution in [3.05, 3.63) is 34.9 Å². The summed E-state index contributed by atoms with van der Waals surface area (Å²) in [5, 5.41) is 10.5. The highest BCUT2D eigenvalue weighted by Gasteiger charge is 2.56. The Hall–Kier alpha value is -1.35. The summed E-state index contributed by atoms with van der Waals surface area (Å²) in [6.45, 7) is 0. The predicted molar refractivity (Wildman–Crippen MR) is 97.2 cm³/mol. The molecule has 0 aliphatic heterocycles. The molecule has 1 amide bonds. The number of rotatable bonds is 3. The van der Waals surface area contributed by atoms with Crippen LogP contribution in [-0.4, -0.2) is 17.1 Å². The first-order valence-electron chi connectivity index (χ1n) is 10.2. The van der Waals surface area contributed by atoms with Gasteiger partial charge in [0.15, 0.2) is 0 Å². The lowest BCUT2D eigenvalue weighted by atomic mass is 9.46. The third kappa shape index (κ3) is 2.46. The molecule has 3 heteroatoms. The van der Waals surface area contributed by atoms with Gasteiger partial charge in [-0.05, 0) is 91.9 Å². The predicted octanol–water partition coefficient (Wildman–Crippen LogP) is 3.57. The van der Waals surface area contributed by atoms with Crippen LogP contribution < -0.4 is 5.73 Å². The highest BCUT2D eigenvalue weighted by Crippen LogP contribution is 2.61. The van der Waals surface area contributed by atoms with Gasteiger partial charge in [0, 0.05) is 11.0 Å². The van der Waals surface area contributed by atoms with Crippen LogP contribution in [-0.2, 0) is 11.8 Å². The number of aliphatic hydroxyl groups excluding tert-OH is 1. The maximum absolute atomic E-state index is 11.7. The van der Waals surface area contributed by atoms with Crippen molar-refractivity contribution >= 4 is 5.91 Å². The van der Waals surface area contributed by atoms with Gasteiger partial charge < -0.3 is 10.8 Å². The van der Waals surface area contributed by atoms with Crippen LogP contribution in [0.5, 0.6) is 0 Å². The minimum absolute atomic E-state index is 0.0847. The summed E-state index contributed by atoms with van der Waals surface area (Å²) in [6.07, 6.45) is 10.7. The molecule has 0 radical (unpaired) electrons. The average Bonchev–Trinajstić information content (AvgIpc) is 3.40. The SMILES string of the molecule is NC(=O)c1ccc2c(c1)[C@]13CCC(CC4CC4)[C@H](C2)C1CC[C@H](O)C3. The second kappa shape index (κ2) is 5.57. The van der Waals surface area contributed by atoms with Crippen molar-refractivity contribution in [3.63, 3.8) is 0 Å². The number of benzene rings is 1. The Labute approximate surface area is 150 Å². The van der Waals surface area contributed by atoms with E-state index in [-0.39, 0.29) is 17.4 Å². The van der Waals surface area contributed by atoms with Crippen LogP contribution in [0.3, 0.4) is 0 Å². The van der Waals surface area contributed by atoms with Gasteiger partial charge in [0.25, 0.3) is 0 Å². The Morgan fingerprint density at radius 2 is 2.04 bits per heavy atom. The fraction of sp³-hybridized carbons (Fsp3) is 0.682. The molecule has 5 atom stereocenters. The number of carbonyl (C=O) groups is 1. The van der Waals surface area contributed by atoms with Crippen molar-refractivity contribution in [3.8, 4) is 0 Å². The first-order valence-corrected chi connectivity index (χ1v) is 10.2. The molecule has 4 aliphatic rings. The first kappa shape index (κ1) is 15.9. The van der Waals surface area contributed by atoms with Crippen LogP contribution in [0.25, 0.3) is 0 Å². The number of primary amides is 1. The van der Waals surface area contributed by atoms with Crippen LogP contribution >= 0.6 is 0 Å². The Morgan fingerprint density at radius 3 is 2.80 bits per heavy atom. The molecule has 0 aromatic heterocycles. The number of carbonyl (C=O) groups excluding carboxylic acids is 1. The third-order valence-electron chi connectivity index (χ3n) is 7.92. The summed E-state index contributed by atoms with van der Waals surface area (Å²) in [5.41, 5.74) is 9.04. The first-order chi connectivity index (χ1) is 12.1. The third-order valence-corrected chi connectivity index (χ3v) is 7.92. The Kier molecular flexibility index (Phi) is 3.54. The molecule has 25 heavy (non-hydrogen) atoms. The molecule has 4 aliphatic carbocycles. The number of hydrogen-bond acceptors (Lipinski definition) is 2. The molecule has 2 bridgehead atoms. The van der Waals surface area contributed by atoms with Gasteiger partial charge in [-0.25, -0.2) is 0 Å². The number of hydrogen-bond donors (Lipinski definition) is 2. The zero-order valence-electron chi connectivity index (χ0n) is 14.9. The van der Waals surface area contributed by atoms with Crippen molar-refractivity contribution < 1.29 is 9.90 Å². The maximum atomic E-state index is 11.7. The van der Waals surface area contributed by atoms with E-state index < -0.39 is 0 Å². The van der Waals surface area contributed by atoms with Gasteiger partial charge in [0.1, 0.15) is 0 Å². The van der Waals surface area contributed by atoms with E-state index >= 15 is 0 Å². The van der Waals surface area contributed by atoms with E-state index in [0.29, 0.717) is 11.5 Å². The standard InChI is InChI=1S/C22H29NO2/c23-21(25)16-4-3-15-10-18-14(9-13-1-2-13)7-8-22(20(15)11-16)12-17(24)5-6-19(18)22/h3-4,11,13-14,17-19,24H,1-2,5-10,12H2,(H2,23,25)/t14?,17-,18-,19?,22-/m0/s1. The van der Waals surface area contributed by atoms with E-state index in [4.69, 9.17) is 5.73 Å². The second-order valence-electron chi connectivity index (χ2n) is 9.28. The van der Waals surface area contributed by atoms with Gasteiger partial charge in [0.05, 0.1) is 6.10 Å². The second-order valence-corrected chi connectivity index (χ2v) is 9.28. The highest BCUT2D eigenvalue weighted by molar-refractivity contribution is 5.93. The summed E-state index contributed by atoms with van der Waals surface area (Å²) in [5.74, 6) is 2.98. The topological polar surface area (TPSA) is 63.3 Å². The Bertz CT molecular complexity index is 710. The molecule has 134 valence electrons. The summed E-state index contributed by atoms with van der Waals surface area (Å²) >= 11 is 0. The molecular formula is C22H29NO2. The smallest absolute Gasteiger partial charge is 0.248 e. The minimum atomic E-state index is -0.336. The van der Waals surface area contributed by atoms with Crippen LogP contribution in [0.15, 0.2) is 18.2 Å². The van der Waals surface area contributed by atoms with Gasteiger partial charge >= 0.3 is 0 Å². The van der Waals surface area contributed by atoms with Crippen LogP contribution in [0, 0.1) is 23.7 Å². The van der Waals surface area contributed by atoms with E-state index in [9.17, 15) is 9.90 Å². The van der Waals surface area contributed by atoms with Gasteiger partial charge in [-0.1, -0.05) is 18.9 Å². The monoisotopic (exact) mass is 339 g/mol. The van der Waals surface area contributed by atoms with Crippen LogP contribution in [0.2, 0.25) is 0 Å². The highest BCUT2D eigenvalue weighted by atomic mass is 16.3. The van der Waals surface area contributed by atoms with E-state index in [1.54, 1.807) is 0 Å². The number of amides is 1. The number of nitrogens with two attached hydrogens (primary N) is 1. The lowest BCUT2D eigenvalue weighted by Gasteiger charge is -2.59. The van der Waals surface area contributed by atoms with Crippen molar-refractivity contribution in [2.24, 2.45) is 29.4 Å². The lowest BCUT2D eigenvalue weighted by Crippen LogP contribution is -2.54. The molecular weight excluding hydrogens is 310 g/mol. The molecule has 0 saturated heterocycles. The normalized spacial score (nSPS) is 39.4. The molecule has 5 rings (SSSR count). The van der Waals surface area contributed by atoms with Gasteiger partial charge in [-0.3, -0.25) is 4.79 Å². The fourth-order valence-electron chi connectivity index (χ4n) is 6.67. The van der Waals surface area contributed by atoms with Gasteiger partial charge in [0.2, 0.25) is 5.91 Å². The molecule has 0 heterocycles. The van der Waals surface area contributed by atoms with Gasteiger partial charge in [-0.15, -0.1) is 0 Å². The minimum Gasteiger partial charge on any atom is -0.393 e. The average molecular weight is 339 g/mol. The van der Waals surface area contributed by atoms with E-state index in [1.165, 1.54) is 43.2 Å². The van der Waals surface area contributed by atoms with Gasteiger partial charge in [-0.2, -0.15) is 0 Å². The zero-order chi connectivity index (χ0) is 17.2. The summed E-state index contributed by atoms with van der Waals surface area (Å²) in [6, 6.07) is 6.13. The maximum Gasteiger partial charge on any atom is 0.248 e. The molecule has 0 spiro atoms. The largest absolute Gasteiger partial charge is 0.393 e. The quantitative estimate of drug-likeness (QED) is 0.884. The Morgan fingerprint density at radius 1 is 1.20 bits per heavy atom. The van der Waals surface area contributed by atoms with Crippen molar-refractivity contribution in [1.29, 1.82) is 0 Å². The number of fused-ring (bicyclic) bond motifs is 1. The molecule has 3 saturated carbocycles. The fourth-order valence-corrected chi connectivity index (χ4v) is 6.67. The zero-order valence-corrected chi connectivity index (χ0v) is 14.9. The Balaban J connectivity index is 1.59. The summed E-state index contributed by atoms with van der Waals surface area (Å²) < 4.78 is 0.